The van der Waals surface area contributed by atoms with Crippen molar-refractivity contribution in [2.75, 3.05) is 0 Å². The molecule has 164 valence electrons. The molecular weight excluding hydrogens is 444 g/mol. The summed E-state index contributed by atoms with van der Waals surface area (Å²) in [5.41, 5.74) is -1.46. The molecule has 5 nitrogen and oxygen atoms in total. The maximum atomic E-state index is 13.3. The van der Waals surface area contributed by atoms with Gasteiger partial charge in [0, 0.05) is 15.6 Å². The first-order valence-electron chi connectivity index (χ1n) is 9.57. The van der Waals surface area contributed by atoms with Crippen molar-refractivity contribution in [3.05, 3.63) is 70.6 Å². The fraction of sp³-hybridized carbons (Fsp3) is 0.227. The molecule has 0 saturated carbocycles. The van der Waals surface area contributed by atoms with Gasteiger partial charge >= 0.3 is 6.18 Å². The summed E-state index contributed by atoms with van der Waals surface area (Å²) in [7, 11) is 0. The lowest BCUT2D eigenvalue weighted by atomic mass is 9.96. The molecule has 0 aliphatic heterocycles. The Hall–Kier alpha value is -3.29. The molecule has 2 heterocycles. The molecule has 0 aliphatic rings. The van der Waals surface area contributed by atoms with Gasteiger partial charge in [0.15, 0.2) is 0 Å². The number of fused-ring (bicyclic) bond motifs is 1. The van der Waals surface area contributed by atoms with Gasteiger partial charge in [-0.2, -0.15) is 18.4 Å². The van der Waals surface area contributed by atoms with E-state index in [1.165, 1.54) is 35.1 Å². The van der Waals surface area contributed by atoms with Crippen LogP contribution in [0.15, 0.2) is 48.7 Å². The van der Waals surface area contributed by atoms with Crippen molar-refractivity contribution in [1.82, 2.24) is 15.0 Å². The lowest BCUT2D eigenvalue weighted by Crippen LogP contribution is -2.42. The molecule has 10 heteroatoms. The van der Waals surface area contributed by atoms with E-state index in [9.17, 15) is 27.9 Å². The minimum absolute atomic E-state index is 0.131. The topological polar surface area (TPSA) is 74.7 Å². The minimum atomic E-state index is -4.87. The van der Waals surface area contributed by atoms with Gasteiger partial charge in [0.25, 0.3) is 0 Å². The second kappa shape index (κ2) is 8.00. The summed E-state index contributed by atoms with van der Waals surface area (Å²) in [5, 5.41) is 27.7. The van der Waals surface area contributed by atoms with Crippen LogP contribution in [-0.4, -0.2) is 26.3 Å². The molecule has 2 aromatic carbocycles. The monoisotopic (exact) mass is 460 g/mol. The van der Waals surface area contributed by atoms with Crippen LogP contribution in [0.4, 0.5) is 17.6 Å². The maximum Gasteiger partial charge on any atom is 0.423 e. The third kappa shape index (κ3) is 3.74. The Morgan fingerprint density at radius 1 is 1.16 bits per heavy atom. The van der Waals surface area contributed by atoms with E-state index in [1.54, 1.807) is 18.2 Å². The van der Waals surface area contributed by atoms with Crippen molar-refractivity contribution in [2.24, 2.45) is 0 Å². The Morgan fingerprint density at radius 2 is 1.88 bits per heavy atom. The molecule has 4 aromatic rings. The molecule has 32 heavy (non-hydrogen) atoms. The maximum absolute atomic E-state index is 13.3. The van der Waals surface area contributed by atoms with Crippen molar-refractivity contribution < 1.29 is 22.7 Å². The number of aliphatic hydroxyl groups is 1. The summed E-state index contributed by atoms with van der Waals surface area (Å²) >= 11 is 1.28. The molecule has 1 N–H and O–H groups in total. The normalized spacial score (nSPS) is 13.8. The predicted octanol–water partition coefficient (Wildman–Crippen LogP) is 5.38. The largest absolute Gasteiger partial charge is 0.423 e. The van der Waals surface area contributed by atoms with Crippen molar-refractivity contribution in [2.45, 2.75) is 31.7 Å². The van der Waals surface area contributed by atoms with E-state index in [1.807, 2.05) is 12.1 Å². The third-order valence-electron chi connectivity index (χ3n) is 5.28. The summed E-state index contributed by atoms with van der Waals surface area (Å²) < 4.78 is 55.1. The zero-order chi connectivity index (χ0) is 23.1. The molecule has 2 aromatic heterocycles. The molecule has 0 saturated heterocycles. The second-order valence-electron chi connectivity index (χ2n) is 7.27. The highest BCUT2D eigenvalue weighted by atomic mass is 32.1. The number of nitrogens with zero attached hydrogens (tertiary/aromatic N) is 4. The summed E-state index contributed by atoms with van der Waals surface area (Å²) in [6, 6.07) is 13.5. The van der Waals surface area contributed by atoms with E-state index in [-0.39, 0.29) is 12.4 Å². The number of nitriles is 1. The van der Waals surface area contributed by atoms with E-state index in [2.05, 4.69) is 16.4 Å². The first-order chi connectivity index (χ1) is 15.2. The quantitative estimate of drug-likeness (QED) is 0.406. The number of aromatic nitrogens is 3. The van der Waals surface area contributed by atoms with Crippen LogP contribution in [0.1, 0.15) is 29.5 Å². The van der Waals surface area contributed by atoms with E-state index >= 15 is 0 Å². The number of halogens is 4. The van der Waals surface area contributed by atoms with Crippen LogP contribution >= 0.6 is 11.3 Å². The zero-order valence-electron chi connectivity index (χ0n) is 16.7. The first-order valence-corrected chi connectivity index (χ1v) is 10.4. The van der Waals surface area contributed by atoms with Gasteiger partial charge < -0.3 is 5.11 Å². The van der Waals surface area contributed by atoms with Gasteiger partial charge in [0.1, 0.15) is 22.5 Å². The summed E-state index contributed by atoms with van der Waals surface area (Å²) in [4.78, 5) is 0.477. The smallest absolute Gasteiger partial charge is 0.375 e. The van der Waals surface area contributed by atoms with Gasteiger partial charge in [-0.3, -0.25) is 0 Å². The summed E-state index contributed by atoms with van der Waals surface area (Å²) in [5.74, 6) is -0.373. The minimum Gasteiger partial charge on any atom is -0.375 e. The van der Waals surface area contributed by atoms with Gasteiger partial charge in [0.05, 0.1) is 12.7 Å². The highest BCUT2D eigenvalue weighted by molar-refractivity contribution is 7.20. The lowest BCUT2D eigenvalue weighted by Gasteiger charge is -2.26. The molecule has 0 bridgehead atoms. The van der Waals surface area contributed by atoms with Crippen LogP contribution in [-0.2, 0) is 12.1 Å². The lowest BCUT2D eigenvalue weighted by molar-refractivity contribution is -0.269. The summed E-state index contributed by atoms with van der Waals surface area (Å²) in [6.45, 7) is 1.36. The van der Waals surface area contributed by atoms with E-state index in [4.69, 9.17) is 0 Å². The SMILES string of the molecule is CCC(O)(c1cn(Cc2ccc3c(-c4ccc(F)cc4)c(C#N)sc3c2)nn1)C(F)(F)F. The van der Waals surface area contributed by atoms with Crippen LogP contribution < -0.4 is 0 Å². The highest BCUT2D eigenvalue weighted by Gasteiger charge is 2.55. The van der Waals surface area contributed by atoms with Crippen LogP contribution in [0.2, 0.25) is 0 Å². The molecule has 1 atom stereocenters. The molecular formula is C22H16F4N4OS. The molecule has 0 spiro atoms. The van der Waals surface area contributed by atoms with Crippen LogP contribution in [0.3, 0.4) is 0 Å². The molecule has 1 unspecified atom stereocenters. The molecule has 0 fully saturated rings. The molecule has 0 aliphatic carbocycles. The Kier molecular flexibility index (Phi) is 5.48. The van der Waals surface area contributed by atoms with Gasteiger partial charge in [-0.25, -0.2) is 9.07 Å². The molecule has 0 amide bonds. The highest BCUT2D eigenvalue weighted by Crippen LogP contribution is 2.41. The van der Waals surface area contributed by atoms with Crippen molar-refractivity contribution >= 4 is 21.4 Å². The predicted molar refractivity (Wildman–Crippen MR) is 111 cm³/mol. The van der Waals surface area contributed by atoms with Gasteiger partial charge in [-0.1, -0.05) is 36.4 Å². The fourth-order valence-corrected chi connectivity index (χ4v) is 4.59. The number of benzene rings is 2. The second-order valence-corrected chi connectivity index (χ2v) is 8.32. The number of alkyl halides is 3. The Bertz CT molecular complexity index is 1320. The first kappa shape index (κ1) is 21.9. The average molecular weight is 460 g/mol. The van der Waals surface area contributed by atoms with Gasteiger partial charge in [0.2, 0.25) is 5.60 Å². The van der Waals surface area contributed by atoms with Crippen LogP contribution in [0.5, 0.6) is 0 Å². The van der Waals surface area contributed by atoms with Crippen molar-refractivity contribution in [3.8, 4) is 17.2 Å². The molecule has 4 rings (SSSR count). The number of hydrogen-bond acceptors (Lipinski definition) is 5. The van der Waals surface area contributed by atoms with E-state index in [0.29, 0.717) is 16.0 Å². The van der Waals surface area contributed by atoms with E-state index in [0.717, 1.165) is 21.8 Å². The van der Waals surface area contributed by atoms with Gasteiger partial charge in [-0.15, -0.1) is 16.4 Å². The standard InChI is InChI=1S/C22H16F4N4OS/c1-2-21(31,22(24,25)26)19-12-30(29-28-19)11-13-3-8-16-17(9-13)32-18(10-27)20(16)14-4-6-15(23)7-5-14/h3-9,12,31H,2,11H2,1H3. The Balaban J connectivity index is 1.67. The Morgan fingerprint density at radius 3 is 2.50 bits per heavy atom. The third-order valence-corrected chi connectivity index (χ3v) is 6.33. The van der Waals surface area contributed by atoms with E-state index < -0.39 is 23.9 Å². The Labute approximate surface area is 184 Å². The number of rotatable bonds is 5. The van der Waals surface area contributed by atoms with Gasteiger partial charge in [-0.05, 0) is 35.7 Å². The average Bonchev–Trinajstić information content (AvgIpc) is 3.37. The molecule has 0 radical (unpaired) electrons. The van der Waals surface area contributed by atoms with Crippen molar-refractivity contribution in [1.29, 1.82) is 5.26 Å². The van der Waals surface area contributed by atoms with Crippen molar-refractivity contribution in [3.63, 3.8) is 0 Å². The number of hydrogen-bond donors (Lipinski definition) is 1. The summed E-state index contributed by atoms with van der Waals surface area (Å²) in [6.07, 6.45) is -4.37. The van der Waals surface area contributed by atoms with Crippen LogP contribution in [0.25, 0.3) is 21.2 Å². The fourth-order valence-electron chi connectivity index (χ4n) is 3.50. The van der Waals surface area contributed by atoms with Crippen LogP contribution in [0, 0.1) is 17.1 Å². The number of thiophene rings is 1. The zero-order valence-corrected chi connectivity index (χ0v) is 17.5.